The van der Waals surface area contributed by atoms with E-state index in [4.69, 9.17) is 4.74 Å². The molecule has 3 heteroatoms. The third-order valence-electron chi connectivity index (χ3n) is 3.70. The summed E-state index contributed by atoms with van der Waals surface area (Å²) in [6.45, 7) is 4.20. The largest absolute Gasteiger partial charge is 0.490 e. The summed E-state index contributed by atoms with van der Waals surface area (Å²) in [5.74, 6) is 0.920. The van der Waals surface area contributed by atoms with Crippen molar-refractivity contribution < 1.29 is 4.74 Å². The fourth-order valence-electron chi connectivity index (χ4n) is 2.44. The number of pyridine rings is 1. The van der Waals surface area contributed by atoms with Crippen LogP contribution in [0.3, 0.4) is 0 Å². The lowest BCUT2D eigenvalue weighted by Gasteiger charge is -2.19. The van der Waals surface area contributed by atoms with Crippen molar-refractivity contribution in [1.82, 2.24) is 9.88 Å². The van der Waals surface area contributed by atoms with E-state index in [0.717, 1.165) is 18.8 Å². The molecule has 1 aliphatic rings. The third-order valence-corrected chi connectivity index (χ3v) is 3.70. The van der Waals surface area contributed by atoms with Crippen LogP contribution in [-0.4, -0.2) is 36.1 Å². The van der Waals surface area contributed by atoms with Crippen LogP contribution >= 0.6 is 0 Å². The first-order chi connectivity index (χ1) is 8.79. The number of likely N-dealkylation sites (tertiary alicyclic amines) is 1. The average Bonchev–Trinajstić information content (AvgIpc) is 2.80. The molecule has 1 aromatic rings. The number of likely N-dealkylation sites (N-methyl/N-ethyl adjacent to an activating group) is 1. The van der Waals surface area contributed by atoms with Gasteiger partial charge in [0, 0.05) is 12.2 Å². The molecule has 0 unspecified atom stereocenters. The summed E-state index contributed by atoms with van der Waals surface area (Å²) in [6, 6.07) is 2.71. The summed E-state index contributed by atoms with van der Waals surface area (Å²) < 4.78 is 5.88. The number of aryl methyl sites for hydroxylation is 1. The SMILES string of the molecule is CCCCc1cncc(OC[C@@H]2CCCN2C)c1. The maximum atomic E-state index is 5.88. The van der Waals surface area contributed by atoms with Gasteiger partial charge in [-0.05, 0) is 50.9 Å². The van der Waals surface area contributed by atoms with E-state index in [1.54, 1.807) is 0 Å². The molecule has 18 heavy (non-hydrogen) atoms. The van der Waals surface area contributed by atoms with Crippen LogP contribution in [-0.2, 0) is 6.42 Å². The smallest absolute Gasteiger partial charge is 0.137 e. The van der Waals surface area contributed by atoms with Crippen LogP contribution < -0.4 is 4.74 Å². The molecule has 2 heterocycles. The molecule has 0 spiro atoms. The van der Waals surface area contributed by atoms with E-state index >= 15 is 0 Å². The lowest BCUT2D eigenvalue weighted by molar-refractivity contribution is 0.197. The van der Waals surface area contributed by atoms with Crippen molar-refractivity contribution in [3.05, 3.63) is 24.0 Å². The van der Waals surface area contributed by atoms with E-state index in [9.17, 15) is 0 Å². The van der Waals surface area contributed by atoms with Crippen molar-refractivity contribution in [2.24, 2.45) is 0 Å². The number of unbranched alkanes of at least 4 members (excludes halogenated alkanes) is 1. The van der Waals surface area contributed by atoms with E-state index in [-0.39, 0.29) is 0 Å². The lowest BCUT2D eigenvalue weighted by Crippen LogP contribution is -2.30. The Labute approximate surface area is 110 Å². The fraction of sp³-hybridized carbons (Fsp3) is 0.667. The third kappa shape index (κ3) is 3.70. The molecule has 0 amide bonds. The van der Waals surface area contributed by atoms with Crippen LogP contribution in [0, 0.1) is 0 Å². The second-order valence-corrected chi connectivity index (χ2v) is 5.22. The van der Waals surface area contributed by atoms with Gasteiger partial charge < -0.3 is 9.64 Å². The van der Waals surface area contributed by atoms with Crippen molar-refractivity contribution in [3.8, 4) is 5.75 Å². The van der Waals surface area contributed by atoms with Gasteiger partial charge in [-0.1, -0.05) is 13.3 Å². The molecule has 1 saturated heterocycles. The summed E-state index contributed by atoms with van der Waals surface area (Å²) in [6.07, 6.45) is 9.85. The predicted molar refractivity (Wildman–Crippen MR) is 74.0 cm³/mol. The van der Waals surface area contributed by atoms with E-state index in [2.05, 4.69) is 29.9 Å². The van der Waals surface area contributed by atoms with Gasteiger partial charge in [-0.25, -0.2) is 0 Å². The van der Waals surface area contributed by atoms with Crippen molar-refractivity contribution in [3.63, 3.8) is 0 Å². The Balaban J connectivity index is 1.84. The van der Waals surface area contributed by atoms with E-state index in [1.165, 1.54) is 37.8 Å². The molecule has 3 nitrogen and oxygen atoms in total. The molecule has 1 aliphatic heterocycles. The topological polar surface area (TPSA) is 25.4 Å². The first-order valence-electron chi connectivity index (χ1n) is 7.06. The van der Waals surface area contributed by atoms with Gasteiger partial charge in [-0.3, -0.25) is 4.98 Å². The Morgan fingerprint density at radius 3 is 3.06 bits per heavy atom. The van der Waals surface area contributed by atoms with Crippen LogP contribution in [0.5, 0.6) is 5.75 Å². The van der Waals surface area contributed by atoms with Crippen LogP contribution in [0.2, 0.25) is 0 Å². The zero-order chi connectivity index (χ0) is 12.8. The highest BCUT2D eigenvalue weighted by molar-refractivity contribution is 5.23. The molecule has 1 fully saturated rings. The van der Waals surface area contributed by atoms with Crippen molar-refractivity contribution in [2.45, 2.75) is 45.1 Å². The highest BCUT2D eigenvalue weighted by atomic mass is 16.5. The van der Waals surface area contributed by atoms with Crippen LogP contribution in [0.1, 0.15) is 38.2 Å². The molecule has 0 saturated carbocycles. The molecule has 1 aromatic heterocycles. The number of hydrogen-bond acceptors (Lipinski definition) is 3. The molecular formula is C15H24N2O. The molecule has 100 valence electrons. The summed E-state index contributed by atoms with van der Waals surface area (Å²) in [7, 11) is 2.18. The zero-order valence-electron chi connectivity index (χ0n) is 11.6. The van der Waals surface area contributed by atoms with Crippen LogP contribution in [0.25, 0.3) is 0 Å². The lowest BCUT2D eigenvalue weighted by atomic mass is 10.1. The summed E-state index contributed by atoms with van der Waals surface area (Å²) >= 11 is 0. The number of nitrogens with zero attached hydrogens (tertiary/aromatic N) is 2. The molecule has 2 rings (SSSR count). The average molecular weight is 248 g/mol. The minimum Gasteiger partial charge on any atom is -0.490 e. The first kappa shape index (κ1) is 13.3. The molecular weight excluding hydrogens is 224 g/mol. The van der Waals surface area contributed by atoms with Gasteiger partial charge in [0.1, 0.15) is 12.4 Å². The highest BCUT2D eigenvalue weighted by Gasteiger charge is 2.21. The van der Waals surface area contributed by atoms with Gasteiger partial charge in [0.15, 0.2) is 0 Å². The summed E-state index contributed by atoms with van der Waals surface area (Å²) in [5.41, 5.74) is 1.29. The van der Waals surface area contributed by atoms with Gasteiger partial charge in [-0.2, -0.15) is 0 Å². The maximum Gasteiger partial charge on any atom is 0.137 e. The standard InChI is InChI=1S/C15H24N2O/c1-3-4-6-13-9-15(11-16-10-13)18-12-14-7-5-8-17(14)2/h9-11,14H,3-8,12H2,1-2H3/t14-/m0/s1. The molecule has 0 aromatic carbocycles. The van der Waals surface area contributed by atoms with Gasteiger partial charge in [-0.15, -0.1) is 0 Å². The summed E-state index contributed by atoms with van der Waals surface area (Å²) in [4.78, 5) is 6.65. The number of rotatable bonds is 6. The normalized spacial score (nSPS) is 20.2. The Morgan fingerprint density at radius 1 is 1.44 bits per heavy atom. The van der Waals surface area contributed by atoms with Gasteiger partial charge in [0.2, 0.25) is 0 Å². The molecule has 0 radical (unpaired) electrons. The second kappa shape index (κ2) is 6.74. The Kier molecular flexibility index (Phi) is 5.00. The van der Waals surface area contributed by atoms with E-state index < -0.39 is 0 Å². The Bertz CT molecular complexity index is 367. The number of ether oxygens (including phenoxy) is 1. The Hall–Kier alpha value is -1.09. The van der Waals surface area contributed by atoms with Crippen molar-refractivity contribution in [2.75, 3.05) is 20.2 Å². The van der Waals surface area contributed by atoms with Gasteiger partial charge in [0.05, 0.1) is 6.20 Å². The van der Waals surface area contributed by atoms with Gasteiger partial charge in [0.25, 0.3) is 0 Å². The van der Waals surface area contributed by atoms with Crippen LogP contribution in [0.4, 0.5) is 0 Å². The van der Waals surface area contributed by atoms with E-state index in [0.29, 0.717) is 6.04 Å². The fourth-order valence-corrected chi connectivity index (χ4v) is 2.44. The van der Waals surface area contributed by atoms with Crippen molar-refractivity contribution >= 4 is 0 Å². The monoisotopic (exact) mass is 248 g/mol. The minimum absolute atomic E-state index is 0.573. The molecule has 0 bridgehead atoms. The quantitative estimate of drug-likeness (QED) is 0.774. The first-order valence-corrected chi connectivity index (χ1v) is 7.06. The minimum atomic E-state index is 0.573. The predicted octanol–water partition coefficient (Wildman–Crippen LogP) is 2.90. The van der Waals surface area contributed by atoms with E-state index in [1.807, 2.05) is 12.4 Å². The zero-order valence-corrected chi connectivity index (χ0v) is 11.6. The number of hydrogen-bond donors (Lipinski definition) is 0. The highest BCUT2D eigenvalue weighted by Crippen LogP contribution is 2.18. The number of aromatic nitrogens is 1. The molecule has 1 atom stereocenters. The molecule has 0 N–H and O–H groups in total. The van der Waals surface area contributed by atoms with Crippen LogP contribution in [0.15, 0.2) is 18.5 Å². The van der Waals surface area contributed by atoms with Gasteiger partial charge >= 0.3 is 0 Å². The Morgan fingerprint density at radius 2 is 2.33 bits per heavy atom. The second-order valence-electron chi connectivity index (χ2n) is 5.22. The molecule has 0 aliphatic carbocycles. The summed E-state index contributed by atoms with van der Waals surface area (Å²) in [5, 5.41) is 0. The maximum absolute atomic E-state index is 5.88. The van der Waals surface area contributed by atoms with Crippen molar-refractivity contribution in [1.29, 1.82) is 0 Å².